The molecule has 1 aliphatic carbocycles. The smallest absolute Gasteiger partial charge is 0.227 e. The first-order valence-corrected chi connectivity index (χ1v) is 9.64. The Morgan fingerprint density at radius 3 is 2.30 bits per heavy atom. The number of carbonyl (C=O) groups is 1. The van der Waals surface area contributed by atoms with E-state index in [9.17, 15) is 4.79 Å². The minimum atomic E-state index is 0.129. The molecule has 0 unspecified atom stereocenters. The summed E-state index contributed by atoms with van der Waals surface area (Å²) in [5.41, 5.74) is 2.00. The van der Waals surface area contributed by atoms with Crippen molar-refractivity contribution in [3.63, 3.8) is 0 Å². The van der Waals surface area contributed by atoms with Crippen molar-refractivity contribution in [1.29, 1.82) is 0 Å². The topological polar surface area (TPSA) is 57.7 Å². The average molecular weight is 366 g/mol. The zero-order chi connectivity index (χ0) is 18.6. The van der Waals surface area contributed by atoms with Crippen LogP contribution in [0.3, 0.4) is 0 Å². The summed E-state index contributed by atoms with van der Waals surface area (Å²) in [6.07, 6.45) is 4.95. The minimum Gasteiger partial charge on any atom is -0.497 e. The molecule has 1 N–H and O–H groups in total. The summed E-state index contributed by atoms with van der Waals surface area (Å²) in [6, 6.07) is 12.2. The number of pyridine rings is 1. The van der Waals surface area contributed by atoms with Crippen molar-refractivity contribution >= 4 is 23.1 Å². The zero-order valence-electron chi connectivity index (χ0n) is 15.7. The first kappa shape index (κ1) is 17.6. The van der Waals surface area contributed by atoms with Gasteiger partial charge in [0.25, 0.3) is 0 Å². The van der Waals surface area contributed by atoms with E-state index >= 15 is 0 Å². The van der Waals surface area contributed by atoms with Gasteiger partial charge in [0.1, 0.15) is 11.6 Å². The van der Waals surface area contributed by atoms with Crippen LogP contribution < -0.4 is 19.9 Å². The quantitative estimate of drug-likeness (QED) is 0.881. The molecule has 27 heavy (non-hydrogen) atoms. The molecule has 1 amide bonds. The third kappa shape index (κ3) is 3.99. The molecule has 2 aliphatic rings. The van der Waals surface area contributed by atoms with E-state index in [0.717, 1.165) is 62.7 Å². The number of benzene rings is 1. The molecule has 4 rings (SSSR count). The van der Waals surface area contributed by atoms with E-state index in [1.54, 1.807) is 13.3 Å². The van der Waals surface area contributed by atoms with E-state index in [2.05, 4.69) is 32.2 Å². The van der Waals surface area contributed by atoms with Crippen LogP contribution in [0.4, 0.5) is 17.2 Å². The number of amides is 1. The van der Waals surface area contributed by atoms with Gasteiger partial charge in [0, 0.05) is 37.8 Å². The summed E-state index contributed by atoms with van der Waals surface area (Å²) in [5, 5.41) is 2.97. The number of anilines is 3. The second-order valence-electron chi connectivity index (χ2n) is 7.19. The van der Waals surface area contributed by atoms with E-state index in [0.29, 0.717) is 0 Å². The third-order valence-corrected chi connectivity index (χ3v) is 5.53. The number of carbonyl (C=O) groups excluding carboxylic acids is 1. The zero-order valence-corrected chi connectivity index (χ0v) is 15.7. The van der Waals surface area contributed by atoms with Gasteiger partial charge in [-0.05, 0) is 49.2 Å². The predicted octanol–water partition coefficient (Wildman–Crippen LogP) is 3.16. The van der Waals surface area contributed by atoms with Crippen LogP contribution in [-0.2, 0) is 4.79 Å². The first-order valence-electron chi connectivity index (χ1n) is 9.64. The molecule has 6 nitrogen and oxygen atoms in total. The van der Waals surface area contributed by atoms with Crippen LogP contribution in [0.2, 0.25) is 0 Å². The monoisotopic (exact) mass is 366 g/mol. The fraction of sp³-hybridized carbons (Fsp3) is 0.429. The number of hydrogen-bond acceptors (Lipinski definition) is 5. The molecule has 0 bridgehead atoms. The molecule has 142 valence electrons. The standard InChI is InChI=1S/C21H26N4O2/c1-27-19-8-6-18(7-9-19)24-11-13-25(14-12-24)20-10-5-17(15-22-20)23-21(26)16-3-2-4-16/h5-10,15-16H,2-4,11-14H2,1H3,(H,23,26). The maximum absolute atomic E-state index is 12.0. The van der Waals surface area contributed by atoms with E-state index in [1.807, 2.05) is 24.3 Å². The van der Waals surface area contributed by atoms with Crippen LogP contribution >= 0.6 is 0 Å². The van der Waals surface area contributed by atoms with Crippen LogP contribution in [0.1, 0.15) is 19.3 Å². The second kappa shape index (κ2) is 7.86. The molecule has 2 aromatic rings. The summed E-state index contributed by atoms with van der Waals surface area (Å²) in [5.74, 6) is 2.16. The SMILES string of the molecule is COc1ccc(N2CCN(c3ccc(NC(=O)C4CCC4)cn3)CC2)cc1. The van der Waals surface area contributed by atoms with Gasteiger partial charge in [-0.25, -0.2) is 4.98 Å². The molecular formula is C21H26N4O2. The molecule has 1 aromatic carbocycles. The number of aromatic nitrogens is 1. The number of nitrogens with one attached hydrogen (secondary N) is 1. The Bertz CT molecular complexity index is 764. The van der Waals surface area contributed by atoms with Gasteiger partial charge >= 0.3 is 0 Å². The van der Waals surface area contributed by atoms with Crippen LogP contribution in [0.15, 0.2) is 42.6 Å². The van der Waals surface area contributed by atoms with E-state index in [-0.39, 0.29) is 11.8 Å². The molecule has 1 aromatic heterocycles. The van der Waals surface area contributed by atoms with Crippen molar-refractivity contribution in [3.05, 3.63) is 42.6 Å². The number of ether oxygens (including phenoxy) is 1. The molecule has 2 heterocycles. The van der Waals surface area contributed by atoms with Crippen LogP contribution in [-0.4, -0.2) is 44.2 Å². The highest BCUT2D eigenvalue weighted by Gasteiger charge is 2.25. The summed E-state index contributed by atoms with van der Waals surface area (Å²) >= 11 is 0. The number of hydrogen-bond donors (Lipinski definition) is 1. The molecule has 1 saturated carbocycles. The number of rotatable bonds is 5. The van der Waals surface area contributed by atoms with Crippen molar-refractivity contribution in [3.8, 4) is 5.75 Å². The van der Waals surface area contributed by atoms with Gasteiger partial charge in [0.2, 0.25) is 5.91 Å². The van der Waals surface area contributed by atoms with Crippen molar-refractivity contribution in [2.24, 2.45) is 5.92 Å². The van der Waals surface area contributed by atoms with Crippen LogP contribution in [0.5, 0.6) is 5.75 Å². The Morgan fingerprint density at radius 1 is 1.04 bits per heavy atom. The van der Waals surface area contributed by atoms with Gasteiger partial charge in [-0.3, -0.25) is 4.79 Å². The van der Waals surface area contributed by atoms with Gasteiger partial charge in [0.05, 0.1) is 19.0 Å². The lowest BCUT2D eigenvalue weighted by Crippen LogP contribution is -2.46. The summed E-state index contributed by atoms with van der Waals surface area (Å²) < 4.78 is 5.23. The predicted molar refractivity (Wildman–Crippen MR) is 108 cm³/mol. The van der Waals surface area contributed by atoms with E-state index in [4.69, 9.17) is 4.74 Å². The molecular weight excluding hydrogens is 340 g/mol. The molecule has 0 spiro atoms. The van der Waals surface area contributed by atoms with Gasteiger partial charge < -0.3 is 19.9 Å². The largest absolute Gasteiger partial charge is 0.497 e. The van der Waals surface area contributed by atoms with Gasteiger partial charge in [0.15, 0.2) is 0 Å². The lowest BCUT2D eigenvalue weighted by atomic mass is 9.85. The molecule has 0 radical (unpaired) electrons. The Hall–Kier alpha value is -2.76. The van der Waals surface area contributed by atoms with Gasteiger partial charge in [-0.15, -0.1) is 0 Å². The summed E-state index contributed by atoms with van der Waals surface area (Å²) in [7, 11) is 1.69. The van der Waals surface area contributed by atoms with Gasteiger partial charge in [-0.1, -0.05) is 6.42 Å². The minimum absolute atomic E-state index is 0.129. The highest BCUT2D eigenvalue weighted by Crippen LogP contribution is 2.28. The number of piperazine rings is 1. The highest BCUT2D eigenvalue weighted by molar-refractivity contribution is 5.92. The number of nitrogens with zero attached hydrogens (tertiary/aromatic N) is 3. The Kier molecular flexibility index (Phi) is 5.14. The van der Waals surface area contributed by atoms with Crippen LogP contribution in [0, 0.1) is 5.92 Å². The Balaban J connectivity index is 1.31. The highest BCUT2D eigenvalue weighted by atomic mass is 16.5. The van der Waals surface area contributed by atoms with Gasteiger partial charge in [-0.2, -0.15) is 0 Å². The average Bonchev–Trinajstić information content (AvgIpc) is 2.67. The molecule has 1 saturated heterocycles. The maximum Gasteiger partial charge on any atom is 0.227 e. The number of methoxy groups -OCH3 is 1. The normalized spacial score (nSPS) is 17.4. The lowest BCUT2D eigenvalue weighted by Gasteiger charge is -2.36. The van der Waals surface area contributed by atoms with Crippen molar-refractivity contribution < 1.29 is 9.53 Å². The molecule has 2 fully saturated rings. The maximum atomic E-state index is 12.0. The van der Waals surface area contributed by atoms with Crippen molar-refractivity contribution in [1.82, 2.24) is 4.98 Å². The fourth-order valence-electron chi connectivity index (χ4n) is 3.55. The van der Waals surface area contributed by atoms with Crippen molar-refractivity contribution in [2.45, 2.75) is 19.3 Å². The Labute approximate surface area is 160 Å². The second-order valence-corrected chi connectivity index (χ2v) is 7.19. The molecule has 0 atom stereocenters. The van der Waals surface area contributed by atoms with Crippen LogP contribution in [0.25, 0.3) is 0 Å². The fourth-order valence-corrected chi connectivity index (χ4v) is 3.55. The summed E-state index contributed by atoms with van der Waals surface area (Å²) in [6.45, 7) is 3.75. The first-order chi connectivity index (χ1) is 13.2. The summed E-state index contributed by atoms with van der Waals surface area (Å²) in [4.78, 5) is 21.3. The Morgan fingerprint density at radius 2 is 1.74 bits per heavy atom. The molecule has 6 heteroatoms. The van der Waals surface area contributed by atoms with E-state index in [1.165, 1.54) is 5.69 Å². The third-order valence-electron chi connectivity index (χ3n) is 5.53. The molecule has 1 aliphatic heterocycles. The van der Waals surface area contributed by atoms with Crippen molar-refractivity contribution in [2.75, 3.05) is 48.4 Å². The van der Waals surface area contributed by atoms with E-state index < -0.39 is 0 Å². The lowest BCUT2D eigenvalue weighted by molar-refractivity contribution is -0.122.